The first-order valence-electron chi connectivity index (χ1n) is 8.17. The molecule has 0 spiro atoms. The Hall–Kier alpha value is -2.37. The van der Waals surface area contributed by atoms with Gasteiger partial charge >= 0.3 is 0 Å². The van der Waals surface area contributed by atoms with E-state index in [0.29, 0.717) is 15.7 Å². The van der Waals surface area contributed by atoms with E-state index in [0.717, 1.165) is 16.8 Å². The number of hydrogen-bond donors (Lipinski definition) is 2. The van der Waals surface area contributed by atoms with Crippen LogP contribution in [0.3, 0.4) is 0 Å². The molecule has 0 fully saturated rings. The number of aromatic nitrogens is 1. The average molecular weight is 386 g/mol. The first kappa shape index (κ1) is 18.4. The molecule has 2 aromatic carbocycles. The van der Waals surface area contributed by atoms with Crippen LogP contribution in [0.1, 0.15) is 31.9 Å². The largest absolute Gasteiger partial charge is 0.506 e. The van der Waals surface area contributed by atoms with E-state index in [1.165, 1.54) is 11.3 Å². The summed E-state index contributed by atoms with van der Waals surface area (Å²) < 4.78 is 0. The molecule has 0 aliphatic carbocycles. The lowest BCUT2D eigenvalue weighted by Crippen LogP contribution is -2.11. The fourth-order valence-electron chi connectivity index (χ4n) is 2.38. The highest BCUT2D eigenvalue weighted by atomic mass is 35.5. The van der Waals surface area contributed by atoms with E-state index >= 15 is 0 Å². The number of phenolic OH excluding ortho intramolecular Hbond substituents is 1. The molecule has 0 bridgehead atoms. The quantitative estimate of drug-likeness (QED) is 0.433. The summed E-state index contributed by atoms with van der Waals surface area (Å²) in [6.07, 6.45) is 1.56. The summed E-state index contributed by atoms with van der Waals surface area (Å²) in [7, 11) is 0. The number of benzene rings is 2. The Labute approximate surface area is 162 Å². The minimum atomic E-state index is -0.0761. The molecule has 0 aliphatic heterocycles. The smallest absolute Gasteiger partial charge is 0.203 e. The van der Waals surface area contributed by atoms with Crippen molar-refractivity contribution >= 4 is 34.3 Å². The number of rotatable bonds is 4. The second-order valence-electron chi connectivity index (χ2n) is 6.92. The van der Waals surface area contributed by atoms with Crippen molar-refractivity contribution in [2.75, 3.05) is 5.43 Å². The van der Waals surface area contributed by atoms with Gasteiger partial charge in [0.25, 0.3) is 0 Å². The highest BCUT2D eigenvalue weighted by Gasteiger charge is 2.17. The summed E-state index contributed by atoms with van der Waals surface area (Å²) in [5, 5.41) is 17.3. The molecule has 1 aromatic heterocycles. The molecule has 26 heavy (non-hydrogen) atoms. The number of aromatic hydroxyl groups is 1. The van der Waals surface area contributed by atoms with Gasteiger partial charge in [-0.05, 0) is 23.1 Å². The second kappa shape index (κ2) is 7.48. The number of halogens is 1. The van der Waals surface area contributed by atoms with Gasteiger partial charge in [-0.1, -0.05) is 62.7 Å². The predicted octanol–water partition coefficient (Wildman–Crippen LogP) is 5.91. The lowest BCUT2D eigenvalue weighted by atomic mass is 9.86. The molecule has 3 rings (SSSR count). The van der Waals surface area contributed by atoms with E-state index < -0.39 is 0 Å². The molecule has 2 N–H and O–H groups in total. The molecule has 0 saturated heterocycles. The van der Waals surface area contributed by atoms with E-state index in [4.69, 9.17) is 11.6 Å². The van der Waals surface area contributed by atoms with Crippen molar-refractivity contribution < 1.29 is 5.11 Å². The number of thiazole rings is 1. The van der Waals surface area contributed by atoms with E-state index in [9.17, 15) is 5.11 Å². The molecule has 0 atom stereocenters. The molecule has 0 unspecified atom stereocenters. The van der Waals surface area contributed by atoms with Crippen molar-refractivity contribution in [2.24, 2.45) is 5.10 Å². The molecule has 1 heterocycles. The number of hydrazone groups is 1. The molecular formula is C20H20ClN3OS. The summed E-state index contributed by atoms with van der Waals surface area (Å²) in [5.41, 5.74) is 6.38. The highest BCUT2D eigenvalue weighted by molar-refractivity contribution is 7.14. The molecule has 3 aromatic rings. The average Bonchev–Trinajstić information content (AvgIpc) is 3.07. The number of anilines is 1. The van der Waals surface area contributed by atoms with E-state index in [1.54, 1.807) is 12.3 Å². The van der Waals surface area contributed by atoms with E-state index in [1.807, 2.05) is 41.8 Å². The van der Waals surface area contributed by atoms with Crippen molar-refractivity contribution in [3.8, 4) is 17.0 Å². The van der Waals surface area contributed by atoms with Gasteiger partial charge in [0, 0.05) is 16.5 Å². The fourth-order valence-corrected chi connectivity index (χ4v) is 3.27. The Bertz CT molecular complexity index is 930. The van der Waals surface area contributed by atoms with Gasteiger partial charge in [0.15, 0.2) is 0 Å². The highest BCUT2D eigenvalue weighted by Crippen LogP contribution is 2.33. The van der Waals surface area contributed by atoms with Crippen molar-refractivity contribution in [2.45, 2.75) is 26.2 Å². The third kappa shape index (κ3) is 4.23. The van der Waals surface area contributed by atoms with E-state index in [2.05, 4.69) is 36.3 Å². The van der Waals surface area contributed by atoms with Crippen molar-refractivity contribution in [1.82, 2.24) is 4.98 Å². The summed E-state index contributed by atoms with van der Waals surface area (Å²) in [5.74, 6) is 0.0225. The molecule has 6 heteroatoms. The molecule has 134 valence electrons. The summed E-state index contributed by atoms with van der Waals surface area (Å²) >= 11 is 7.62. The van der Waals surface area contributed by atoms with Crippen LogP contribution in [0.15, 0.2) is 52.9 Å². The SMILES string of the molecule is CC(C)(C)c1cc(Cl)c(O)c(C=NNc2nc(-c3ccccc3)cs2)c1. The minimum Gasteiger partial charge on any atom is -0.506 e. The number of phenols is 1. The third-order valence-corrected chi connectivity index (χ3v) is 4.93. The first-order valence-corrected chi connectivity index (χ1v) is 9.43. The van der Waals surface area contributed by atoms with Gasteiger partial charge < -0.3 is 5.11 Å². The maximum absolute atomic E-state index is 10.2. The molecule has 4 nitrogen and oxygen atoms in total. The van der Waals surface area contributed by atoms with Crippen LogP contribution < -0.4 is 5.43 Å². The molecule has 0 aliphatic rings. The molecular weight excluding hydrogens is 366 g/mol. The van der Waals surface area contributed by atoms with Gasteiger partial charge in [-0.25, -0.2) is 4.98 Å². The number of nitrogens with zero attached hydrogens (tertiary/aromatic N) is 2. The van der Waals surface area contributed by atoms with Crippen LogP contribution in [0.2, 0.25) is 5.02 Å². The van der Waals surface area contributed by atoms with Gasteiger partial charge in [0.2, 0.25) is 5.13 Å². The van der Waals surface area contributed by atoms with Crippen LogP contribution in [-0.2, 0) is 5.41 Å². The van der Waals surface area contributed by atoms with Crippen LogP contribution >= 0.6 is 22.9 Å². The van der Waals surface area contributed by atoms with Gasteiger partial charge in [0.05, 0.1) is 16.9 Å². The molecule has 0 radical (unpaired) electrons. The Morgan fingerprint density at radius 3 is 2.62 bits per heavy atom. The van der Waals surface area contributed by atoms with Crippen molar-refractivity contribution in [3.05, 3.63) is 64.0 Å². The van der Waals surface area contributed by atoms with Crippen LogP contribution in [-0.4, -0.2) is 16.3 Å². The Morgan fingerprint density at radius 2 is 1.92 bits per heavy atom. The minimum absolute atomic E-state index is 0.0225. The Balaban J connectivity index is 1.77. The summed E-state index contributed by atoms with van der Waals surface area (Å²) in [4.78, 5) is 4.51. The normalized spacial score (nSPS) is 11.8. The van der Waals surface area contributed by atoms with Gasteiger partial charge in [-0.2, -0.15) is 5.10 Å². The lowest BCUT2D eigenvalue weighted by Gasteiger charge is -2.20. The maximum Gasteiger partial charge on any atom is 0.203 e. The van der Waals surface area contributed by atoms with Crippen LogP contribution in [0.5, 0.6) is 5.75 Å². The summed E-state index contributed by atoms with van der Waals surface area (Å²) in [6, 6.07) is 13.6. The second-order valence-corrected chi connectivity index (χ2v) is 8.19. The van der Waals surface area contributed by atoms with Gasteiger partial charge in [0.1, 0.15) is 5.75 Å². The van der Waals surface area contributed by atoms with Crippen LogP contribution in [0.25, 0.3) is 11.3 Å². The van der Waals surface area contributed by atoms with E-state index in [-0.39, 0.29) is 11.2 Å². The fraction of sp³-hybridized carbons (Fsp3) is 0.200. The number of hydrogen-bond acceptors (Lipinski definition) is 5. The molecule has 0 saturated carbocycles. The van der Waals surface area contributed by atoms with Crippen LogP contribution in [0.4, 0.5) is 5.13 Å². The zero-order valence-corrected chi connectivity index (χ0v) is 16.4. The Kier molecular flexibility index (Phi) is 5.30. The maximum atomic E-state index is 10.2. The Morgan fingerprint density at radius 1 is 1.19 bits per heavy atom. The van der Waals surface area contributed by atoms with Crippen molar-refractivity contribution in [1.29, 1.82) is 0 Å². The zero-order chi connectivity index (χ0) is 18.7. The zero-order valence-electron chi connectivity index (χ0n) is 14.8. The van der Waals surface area contributed by atoms with Crippen LogP contribution in [0, 0.1) is 0 Å². The number of nitrogens with one attached hydrogen (secondary N) is 1. The predicted molar refractivity (Wildman–Crippen MR) is 111 cm³/mol. The topological polar surface area (TPSA) is 57.5 Å². The van der Waals surface area contributed by atoms with Crippen molar-refractivity contribution in [3.63, 3.8) is 0 Å². The summed E-state index contributed by atoms with van der Waals surface area (Å²) in [6.45, 7) is 6.28. The lowest BCUT2D eigenvalue weighted by molar-refractivity contribution is 0.473. The first-order chi connectivity index (χ1) is 12.3. The van der Waals surface area contributed by atoms with Gasteiger partial charge in [-0.15, -0.1) is 11.3 Å². The monoisotopic (exact) mass is 385 g/mol. The van der Waals surface area contributed by atoms with Gasteiger partial charge in [-0.3, -0.25) is 5.43 Å². The molecule has 0 amide bonds. The third-order valence-electron chi connectivity index (χ3n) is 3.90. The standard InChI is InChI=1S/C20H20ClN3OS/c1-20(2,3)15-9-14(18(25)16(21)10-15)11-22-24-19-23-17(12-26-19)13-7-5-4-6-8-13/h4-12,25H,1-3H3,(H,23,24).